The van der Waals surface area contributed by atoms with E-state index in [9.17, 15) is 9.59 Å². The van der Waals surface area contributed by atoms with Gasteiger partial charge in [0.15, 0.2) is 0 Å². The molecule has 0 aromatic rings. The van der Waals surface area contributed by atoms with Crippen LogP contribution in [0.4, 0.5) is 0 Å². The highest BCUT2D eigenvalue weighted by molar-refractivity contribution is 5.76. The van der Waals surface area contributed by atoms with Crippen LogP contribution < -0.4 is 10.6 Å². The van der Waals surface area contributed by atoms with Crippen molar-refractivity contribution < 1.29 is 23.8 Å². The molecule has 1 rings (SSSR count). The normalized spacial score (nSPS) is 15.1. The fraction of sp³-hybridized carbons (Fsp3) is 0.889. The van der Waals surface area contributed by atoms with Gasteiger partial charge in [0.1, 0.15) is 0 Å². The van der Waals surface area contributed by atoms with E-state index < -0.39 is 0 Å². The summed E-state index contributed by atoms with van der Waals surface area (Å²) < 4.78 is 15.6. The summed E-state index contributed by atoms with van der Waals surface area (Å²) >= 11 is 0. The van der Waals surface area contributed by atoms with Crippen molar-refractivity contribution in [2.45, 2.75) is 45.4 Å². The molecule has 1 aliphatic carbocycles. The van der Waals surface area contributed by atoms with Crippen molar-refractivity contribution in [3.05, 3.63) is 0 Å². The highest BCUT2D eigenvalue weighted by atomic mass is 16.5. The molecule has 0 heterocycles. The fourth-order valence-electron chi connectivity index (χ4n) is 2.86. The molecule has 0 spiro atoms. The molecular formula is C18H34N2O5. The van der Waals surface area contributed by atoms with Gasteiger partial charge in [-0.15, -0.1) is 0 Å². The number of rotatable bonds is 14. The molecule has 0 atom stereocenters. The zero-order valence-corrected chi connectivity index (χ0v) is 15.5. The zero-order chi connectivity index (χ0) is 18.2. The highest BCUT2D eigenvalue weighted by Crippen LogP contribution is 2.25. The lowest BCUT2D eigenvalue weighted by molar-refractivity contribution is -0.142. The maximum atomic E-state index is 11.8. The minimum Gasteiger partial charge on any atom is -0.465 e. The number of amides is 1. The Labute approximate surface area is 151 Å². The molecule has 0 saturated heterocycles. The maximum Gasteiger partial charge on any atom is 0.319 e. The SMILES string of the molecule is CCOC(=O)CNCCOCCOCCNC(=O)CC1CCCCC1. The molecule has 1 saturated carbocycles. The summed E-state index contributed by atoms with van der Waals surface area (Å²) in [6.45, 7) is 5.53. The van der Waals surface area contributed by atoms with Crippen LogP contribution in [0.1, 0.15) is 45.4 Å². The molecule has 1 amide bonds. The third-order valence-corrected chi connectivity index (χ3v) is 4.14. The lowest BCUT2D eigenvalue weighted by Gasteiger charge is -2.20. The Bertz CT molecular complexity index is 359. The molecule has 0 radical (unpaired) electrons. The van der Waals surface area contributed by atoms with E-state index in [1.807, 2.05) is 0 Å². The molecule has 25 heavy (non-hydrogen) atoms. The van der Waals surface area contributed by atoms with Gasteiger partial charge in [0, 0.05) is 19.5 Å². The quantitative estimate of drug-likeness (QED) is 0.359. The van der Waals surface area contributed by atoms with E-state index in [1.54, 1.807) is 6.92 Å². The summed E-state index contributed by atoms with van der Waals surface area (Å²) in [5.41, 5.74) is 0. The van der Waals surface area contributed by atoms with E-state index in [0.717, 1.165) is 0 Å². The van der Waals surface area contributed by atoms with Crippen LogP contribution in [-0.4, -0.2) is 64.5 Å². The lowest BCUT2D eigenvalue weighted by atomic mass is 9.87. The first-order chi connectivity index (χ1) is 12.2. The van der Waals surface area contributed by atoms with Crippen molar-refractivity contribution >= 4 is 11.9 Å². The van der Waals surface area contributed by atoms with Crippen LogP contribution in [0.5, 0.6) is 0 Å². The first-order valence-electron chi connectivity index (χ1n) is 9.51. The van der Waals surface area contributed by atoms with Crippen LogP contribution in [0.2, 0.25) is 0 Å². The molecule has 2 N–H and O–H groups in total. The van der Waals surface area contributed by atoms with E-state index in [2.05, 4.69) is 10.6 Å². The van der Waals surface area contributed by atoms with Gasteiger partial charge in [0.2, 0.25) is 5.91 Å². The van der Waals surface area contributed by atoms with E-state index in [4.69, 9.17) is 14.2 Å². The van der Waals surface area contributed by atoms with Gasteiger partial charge < -0.3 is 24.8 Å². The van der Waals surface area contributed by atoms with Gasteiger partial charge in [-0.3, -0.25) is 9.59 Å². The average molecular weight is 358 g/mol. The second-order valence-corrected chi connectivity index (χ2v) is 6.26. The van der Waals surface area contributed by atoms with Gasteiger partial charge in [0.25, 0.3) is 0 Å². The van der Waals surface area contributed by atoms with E-state index in [0.29, 0.717) is 58.5 Å². The predicted octanol–water partition coefficient (Wildman–Crippen LogP) is 1.26. The summed E-state index contributed by atoms with van der Waals surface area (Å²) in [4.78, 5) is 22.9. The Kier molecular flexibility index (Phi) is 13.2. The zero-order valence-electron chi connectivity index (χ0n) is 15.5. The summed E-state index contributed by atoms with van der Waals surface area (Å²) in [5, 5.41) is 5.85. The van der Waals surface area contributed by atoms with Gasteiger partial charge >= 0.3 is 5.97 Å². The van der Waals surface area contributed by atoms with Crippen LogP contribution in [-0.2, 0) is 23.8 Å². The predicted molar refractivity (Wildman–Crippen MR) is 95.3 cm³/mol. The van der Waals surface area contributed by atoms with Crippen molar-refractivity contribution in [3.63, 3.8) is 0 Å². The summed E-state index contributed by atoms with van der Waals surface area (Å²) in [6.07, 6.45) is 6.88. The molecule has 0 aromatic heterocycles. The molecule has 146 valence electrons. The third-order valence-electron chi connectivity index (χ3n) is 4.14. The molecule has 0 aliphatic heterocycles. The van der Waals surface area contributed by atoms with Crippen molar-refractivity contribution in [3.8, 4) is 0 Å². The molecule has 7 nitrogen and oxygen atoms in total. The number of nitrogens with one attached hydrogen (secondary N) is 2. The largest absolute Gasteiger partial charge is 0.465 e. The minimum atomic E-state index is -0.253. The third kappa shape index (κ3) is 12.8. The molecular weight excluding hydrogens is 324 g/mol. The highest BCUT2D eigenvalue weighted by Gasteiger charge is 2.16. The first kappa shape index (κ1) is 21.9. The molecule has 0 bridgehead atoms. The summed E-state index contributed by atoms with van der Waals surface area (Å²) in [6, 6.07) is 0. The number of carbonyl (C=O) groups excluding carboxylic acids is 2. The van der Waals surface area contributed by atoms with Crippen LogP contribution in [0, 0.1) is 5.92 Å². The van der Waals surface area contributed by atoms with Crippen molar-refractivity contribution in [2.75, 3.05) is 52.7 Å². The molecule has 0 aromatic carbocycles. The first-order valence-corrected chi connectivity index (χ1v) is 9.51. The smallest absolute Gasteiger partial charge is 0.319 e. The fourth-order valence-corrected chi connectivity index (χ4v) is 2.86. The van der Waals surface area contributed by atoms with Crippen LogP contribution in [0.25, 0.3) is 0 Å². The Morgan fingerprint density at radius 3 is 2.32 bits per heavy atom. The Morgan fingerprint density at radius 2 is 1.64 bits per heavy atom. The standard InChI is InChI=1S/C18H34N2O5/c1-2-25-18(22)15-19-8-10-23-12-13-24-11-9-20-17(21)14-16-6-4-3-5-7-16/h16,19H,2-15H2,1H3,(H,20,21). The number of esters is 1. The maximum absolute atomic E-state index is 11.8. The van der Waals surface area contributed by atoms with Crippen molar-refractivity contribution in [1.82, 2.24) is 10.6 Å². The topological polar surface area (TPSA) is 85.9 Å². The second-order valence-electron chi connectivity index (χ2n) is 6.26. The Morgan fingerprint density at radius 1 is 0.960 bits per heavy atom. The van der Waals surface area contributed by atoms with Gasteiger partial charge in [-0.25, -0.2) is 0 Å². The molecule has 1 fully saturated rings. The van der Waals surface area contributed by atoms with Gasteiger partial charge in [-0.1, -0.05) is 19.3 Å². The number of hydrogen-bond acceptors (Lipinski definition) is 6. The molecule has 7 heteroatoms. The lowest BCUT2D eigenvalue weighted by Crippen LogP contribution is -2.30. The van der Waals surface area contributed by atoms with Gasteiger partial charge in [0.05, 0.1) is 39.6 Å². The van der Waals surface area contributed by atoms with E-state index in [1.165, 1.54) is 32.1 Å². The number of ether oxygens (including phenoxy) is 3. The van der Waals surface area contributed by atoms with Crippen LogP contribution in [0.15, 0.2) is 0 Å². The number of hydrogen-bond donors (Lipinski definition) is 2. The monoisotopic (exact) mass is 358 g/mol. The van der Waals surface area contributed by atoms with Crippen molar-refractivity contribution in [2.24, 2.45) is 5.92 Å². The molecule has 1 aliphatic rings. The Balaban J connectivity index is 1.79. The van der Waals surface area contributed by atoms with Gasteiger partial charge in [-0.2, -0.15) is 0 Å². The summed E-state index contributed by atoms with van der Waals surface area (Å²) in [5.74, 6) is 0.455. The number of carbonyl (C=O) groups is 2. The summed E-state index contributed by atoms with van der Waals surface area (Å²) in [7, 11) is 0. The van der Waals surface area contributed by atoms with Crippen LogP contribution >= 0.6 is 0 Å². The average Bonchev–Trinajstić information content (AvgIpc) is 2.60. The molecule has 0 unspecified atom stereocenters. The minimum absolute atomic E-state index is 0.138. The second kappa shape index (κ2) is 15.1. The van der Waals surface area contributed by atoms with Crippen LogP contribution in [0.3, 0.4) is 0 Å². The van der Waals surface area contributed by atoms with Crippen molar-refractivity contribution in [1.29, 1.82) is 0 Å². The van der Waals surface area contributed by atoms with E-state index in [-0.39, 0.29) is 18.4 Å². The Hall–Kier alpha value is -1.18. The van der Waals surface area contributed by atoms with E-state index >= 15 is 0 Å². The van der Waals surface area contributed by atoms with Gasteiger partial charge in [-0.05, 0) is 25.7 Å².